The fourth-order valence-corrected chi connectivity index (χ4v) is 2.24. The molecule has 1 nitrogen and oxygen atoms in total. The zero-order valence-corrected chi connectivity index (χ0v) is 9.47. The molecule has 0 amide bonds. The van der Waals surface area contributed by atoms with E-state index in [9.17, 15) is 8.78 Å². The highest BCUT2D eigenvalue weighted by Gasteiger charge is 2.06. The first-order valence-corrected chi connectivity index (χ1v) is 5.64. The van der Waals surface area contributed by atoms with Gasteiger partial charge < -0.3 is 0 Å². The summed E-state index contributed by atoms with van der Waals surface area (Å²) < 4.78 is 26.3. The van der Waals surface area contributed by atoms with Crippen LogP contribution in [0, 0.1) is 23.0 Å². The van der Waals surface area contributed by atoms with E-state index in [4.69, 9.17) is 5.26 Å². The van der Waals surface area contributed by atoms with Gasteiger partial charge in [0, 0.05) is 4.90 Å². The summed E-state index contributed by atoms with van der Waals surface area (Å²) in [6.07, 6.45) is 0. The molecule has 2 aromatic rings. The third kappa shape index (κ3) is 2.83. The van der Waals surface area contributed by atoms with Crippen molar-refractivity contribution < 1.29 is 8.78 Å². The number of nitrogens with zero attached hydrogens (tertiary/aromatic N) is 1. The zero-order valence-electron chi connectivity index (χ0n) is 8.65. The Labute approximate surface area is 102 Å². The van der Waals surface area contributed by atoms with Crippen molar-refractivity contribution in [2.45, 2.75) is 9.79 Å². The Morgan fingerprint density at radius 1 is 1.06 bits per heavy atom. The first kappa shape index (κ1) is 11.6. The normalized spacial score (nSPS) is 9.94. The third-order valence-electron chi connectivity index (χ3n) is 2.08. The number of nitriles is 1. The van der Waals surface area contributed by atoms with E-state index in [1.807, 2.05) is 6.07 Å². The van der Waals surface area contributed by atoms with Crippen LogP contribution >= 0.6 is 11.8 Å². The molecule has 0 atom stereocenters. The summed E-state index contributed by atoms with van der Waals surface area (Å²) in [4.78, 5) is 0.911. The Morgan fingerprint density at radius 3 is 2.65 bits per heavy atom. The molecular weight excluding hydrogens is 240 g/mol. The molecule has 0 unspecified atom stereocenters. The van der Waals surface area contributed by atoms with Crippen LogP contribution in [0.1, 0.15) is 5.56 Å². The van der Waals surface area contributed by atoms with Gasteiger partial charge in [-0.15, -0.1) is 0 Å². The Kier molecular flexibility index (Phi) is 3.40. The molecule has 0 heterocycles. The molecule has 0 aliphatic rings. The van der Waals surface area contributed by atoms with Crippen molar-refractivity contribution in [1.82, 2.24) is 0 Å². The molecule has 0 aliphatic heterocycles. The fourth-order valence-electron chi connectivity index (χ4n) is 1.31. The van der Waals surface area contributed by atoms with Gasteiger partial charge in [-0.3, -0.25) is 0 Å². The average molecular weight is 247 g/mol. The second-order valence-corrected chi connectivity index (χ2v) is 4.43. The van der Waals surface area contributed by atoms with Gasteiger partial charge in [-0.1, -0.05) is 17.8 Å². The van der Waals surface area contributed by atoms with Crippen molar-refractivity contribution in [3.8, 4) is 6.07 Å². The van der Waals surface area contributed by atoms with Crippen LogP contribution in [0.5, 0.6) is 0 Å². The molecule has 0 bridgehead atoms. The van der Waals surface area contributed by atoms with E-state index in [0.717, 1.165) is 30.0 Å². The molecule has 2 rings (SSSR count). The number of rotatable bonds is 2. The van der Waals surface area contributed by atoms with Gasteiger partial charge in [0.15, 0.2) is 0 Å². The highest BCUT2D eigenvalue weighted by Crippen LogP contribution is 2.30. The van der Waals surface area contributed by atoms with Crippen molar-refractivity contribution in [3.63, 3.8) is 0 Å². The lowest BCUT2D eigenvalue weighted by Crippen LogP contribution is -1.84. The average Bonchev–Trinajstić information content (AvgIpc) is 2.34. The number of benzene rings is 2. The largest absolute Gasteiger partial charge is 0.207 e. The van der Waals surface area contributed by atoms with Crippen LogP contribution in [0.25, 0.3) is 0 Å². The molecule has 0 aliphatic carbocycles. The van der Waals surface area contributed by atoms with Gasteiger partial charge in [-0.05, 0) is 36.4 Å². The van der Waals surface area contributed by atoms with Gasteiger partial charge in [-0.2, -0.15) is 5.26 Å². The van der Waals surface area contributed by atoms with Crippen LogP contribution in [-0.4, -0.2) is 0 Å². The van der Waals surface area contributed by atoms with Gasteiger partial charge in [-0.25, -0.2) is 8.78 Å². The molecule has 4 heteroatoms. The maximum atomic E-state index is 13.4. The smallest absolute Gasteiger partial charge is 0.137 e. The topological polar surface area (TPSA) is 23.8 Å². The summed E-state index contributed by atoms with van der Waals surface area (Å²) in [5.41, 5.74) is 0.492. The molecule has 2 aromatic carbocycles. The van der Waals surface area contributed by atoms with Gasteiger partial charge >= 0.3 is 0 Å². The van der Waals surface area contributed by atoms with Crippen molar-refractivity contribution in [2.24, 2.45) is 0 Å². The van der Waals surface area contributed by atoms with Crippen molar-refractivity contribution in [1.29, 1.82) is 5.26 Å². The van der Waals surface area contributed by atoms with E-state index < -0.39 is 11.6 Å². The van der Waals surface area contributed by atoms with Gasteiger partial charge in [0.1, 0.15) is 11.6 Å². The summed E-state index contributed by atoms with van der Waals surface area (Å²) in [7, 11) is 0. The Hall–Kier alpha value is -1.86. The van der Waals surface area contributed by atoms with E-state index in [-0.39, 0.29) is 4.90 Å². The van der Waals surface area contributed by atoms with E-state index >= 15 is 0 Å². The number of hydrogen-bond donors (Lipinski definition) is 0. The molecule has 0 radical (unpaired) electrons. The SMILES string of the molecule is N#Cc1cccc(Sc2cc(F)ccc2F)c1. The summed E-state index contributed by atoms with van der Waals surface area (Å²) in [5, 5.41) is 8.73. The molecule has 0 fully saturated rings. The highest BCUT2D eigenvalue weighted by molar-refractivity contribution is 7.99. The predicted octanol–water partition coefficient (Wildman–Crippen LogP) is 3.99. The highest BCUT2D eigenvalue weighted by atomic mass is 32.2. The maximum absolute atomic E-state index is 13.4. The van der Waals surface area contributed by atoms with Crippen LogP contribution in [-0.2, 0) is 0 Å². The Bertz CT molecular complexity index is 590. The van der Waals surface area contributed by atoms with E-state index in [1.165, 1.54) is 0 Å². The van der Waals surface area contributed by atoms with E-state index in [0.29, 0.717) is 10.5 Å². The Morgan fingerprint density at radius 2 is 1.88 bits per heavy atom. The molecule has 17 heavy (non-hydrogen) atoms. The van der Waals surface area contributed by atoms with Crippen LogP contribution in [0.15, 0.2) is 52.3 Å². The lowest BCUT2D eigenvalue weighted by molar-refractivity contribution is 0.577. The minimum atomic E-state index is -0.481. The van der Waals surface area contributed by atoms with Crippen LogP contribution < -0.4 is 0 Å². The second kappa shape index (κ2) is 4.98. The van der Waals surface area contributed by atoms with Crippen LogP contribution in [0.4, 0.5) is 8.78 Å². The lowest BCUT2D eigenvalue weighted by Gasteiger charge is -2.03. The Balaban J connectivity index is 2.31. The molecular formula is C13H7F2NS. The predicted molar refractivity (Wildman–Crippen MR) is 61.6 cm³/mol. The van der Waals surface area contributed by atoms with E-state index in [1.54, 1.807) is 24.3 Å². The quantitative estimate of drug-likeness (QED) is 0.801. The number of halogens is 2. The summed E-state index contributed by atoms with van der Waals surface area (Å²) >= 11 is 1.09. The molecule has 0 spiro atoms. The van der Waals surface area contributed by atoms with Gasteiger partial charge in [0.25, 0.3) is 0 Å². The first-order valence-electron chi connectivity index (χ1n) is 4.82. The minimum absolute atomic E-state index is 0.208. The summed E-state index contributed by atoms with van der Waals surface area (Å²) in [5.74, 6) is -0.955. The standard InChI is InChI=1S/C13H7F2NS/c14-10-4-5-12(15)13(7-10)17-11-3-1-2-9(6-11)8-16/h1-7H. The summed E-state index contributed by atoms with van der Waals surface area (Å²) in [6.45, 7) is 0. The van der Waals surface area contributed by atoms with Crippen LogP contribution in [0.3, 0.4) is 0 Å². The molecule has 84 valence electrons. The maximum Gasteiger partial charge on any atom is 0.137 e. The monoisotopic (exact) mass is 247 g/mol. The van der Waals surface area contributed by atoms with Crippen molar-refractivity contribution in [3.05, 3.63) is 59.7 Å². The van der Waals surface area contributed by atoms with Crippen LogP contribution in [0.2, 0.25) is 0 Å². The fraction of sp³-hybridized carbons (Fsp3) is 0. The van der Waals surface area contributed by atoms with E-state index in [2.05, 4.69) is 0 Å². The molecule has 0 saturated heterocycles. The third-order valence-corrected chi connectivity index (χ3v) is 3.11. The zero-order chi connectivity index (χ0) is 12.3. The van der Waals surface area contributed by atoms with Crippen molar-refractivity contribution in [2.75, 3.05) is 0 Å². The van der Waals surface area contributed by atoms with Crippen molar-refractivity contribution >= 4 is 11.8 Å². The molecule has 0 saturated carbocycles. The lowest BCUT2D eigenvalue weighted by atomic mass is 10.2. The first-order chi connectivity index (χ1) is 8.19. The minimum Gasteiger partial charge on any atom is -0.207 e. The molecule has 0 aromatic heterocycles. The van der Waals surface area contributed by atoms with Gasteiger partial charge in [0.2, 0.25) is 0 Å². The number of hydrogen-bond acceptors (Lipinski definition) is 2. The van der Waals surface area contributed by atoms with Gasteiger partial charge in [0.05, 0.1) is 16.5 Å². The summed E-state index contributed by atoms with van der Waals surface area (Å²) in [6, 6.07) is 12.0. The second-order valence-electron chi connectivity index (χ2n) is 3.32. The molecule has 0 N–H and O–H groups in total.